The van der Waals surface area contributed by atoms with Gasteiger partial charge < -0.3 is 9.63 Å². The zero-order chi connectivity index (χ0) is 13.0. The molecule has 4 bridgehead atoms. The average molecular weight is 262 g/mol. The highest BCUT2D eigenvalue weighted by molar-refractivity contribution is 5.82. The minimum absolute atomic E-state index is 0.209. The van der Waals surface area contributed by atoms with Crippen molar-refractivity contribution in [2.45, 2.75) is 44.9 Å². The molecule has 0 aliphatic heterocycles. The molecule has 1 N–H and O–H groups in total. The third-order valence-corrected chi connectivity index (χ3v) is 5.35. The molecule has 19 heavy (non-hydrogen) atoms. The first-order valence-corrected chi connectivity index (χ1v) is 7.18. The first kappa shape index (κ1) is 11.4. The predicted octanol–water partition coefficient (Wildman–Crippen LogP) is 2.53. The lowest BCUT2D eigenvalue weighted by Gasteiger charge is -2.56. The van der Waals surface area contributed by atoms with Gasteiger partial charge in [-0.15, -0.1) is 0 Å². The van der Waals surface area contributed by atoms with Crippen molar-refractivity contribution in [3.63, 3.8) is 0 Å². The van der Waals surface area contributed by atoms with Crippen LogP contribution in [0.3, 0.4) is 0 Å². The van der Waals surface area contributed by atoms with E-state index >= 15 is 0 Å². The van der Waals surface area contributed by atoms with Gasteiger partial charge in [0.05, 0.1) is 0 Å². The van der Waals surface area contributed by atoms with E-state index in [1.165, 1.54) is 38.5 Å². The summed E-state index contributed by atoms with van der Waals surface area (Å²) in [6.07, 6.45) is 8.80. The van der Waals surface area contributed by atoms with Gasteiger partial charge >= 0.3 is 5.97 Å². The van der Waals surface area contributed by atoms with Gasteiger partial charge in [0.2, 0.25) is 5.89 Å². The van der Waals surface area contributed by atoms with Gasteiger partial charge in [-0.3, -0.25) is 0 Å². The normalized spacial score (nSPS) is 39.7. The van der Waals surface area contributed by atoms with Gasteiger partial charge in [-0.05, 0) is 66.9 Å². The second-order valence-corrected chi connectivity index (χ2v) is 6.91. The molecule has 1 aromatic heterocycles. The van der Waals surface area contributed by atoms with Crippen molar-refractivity contribution in [2.24, 2.45) is 23.2 Å². The lowest BCUT2D eigenvalue weighted by atomic mass is 9.49. The minimum Gasteiger partial charge on any atom is -0.475 e. The summed E-state index contributed by atoms with van der Waals surface area (Å²) in [5.74, 6) is 1.84. The maximum absolute atomic E-state index is 10.8. The molecule has 0 aromatic carbocycles. The Morgan fingerprint density at radius 2 is 1.79 bits per heavy atom. The maximum Gasteiger partial charge on any atom is 0.377 e. The summed E-state index contributed by atoms with van der Waals surface area (Å²) in [6, 6.07) is 0. The molecular formula is C14H18N2O3. The van der Waals surface area contributed by atoms with E-state index in [-0.39, 0.29) is 5.82 Å². The molecule has 0 amide bonds. The molecule has 0 unspecified atom stereocenters. The van der Waals surface area contributed by atoms with Crippen molar-refractivity contribution >= 4 is 5.97 Å². The van der Waals surface area contributed by atoms with Crippen LogP contribution in [0.15, 0.2) is 4.52 Å². The van der Waals surface area contributed by atoms with Crippen LogP contribution in [0, 0.1) is 23.2 Å². The number of aromatic nitrogens is 2. The van der Waals surface area contributed by atoms with Crippen molar-refractivity contribution < 1.29 is 14.4 Å². The number of carboxylic acid groups (broad SMARTS) is 1. The number of carbonyl (C=O) groups is 1. The molecule has 5 heteroatoms. The Kier molecular flexibility index (Phi) is 2.29. The van der Waals surface area contributed by atoms with Crippen LogP contribution in [0.1, 0.15) is 55.0 Å². The van der Waals surface area contributed by atoms with Gasteiger partial charge in [0.1, 0.15) is 0 Å². The molecule has 4 aliphatic carbocycles. The van der Waals surface area contributed by atoms with Crippen LogP contribution in [0.4, 0.5) is 0 Å². The highest BCUT2D eigenvalue weighted by Crippen LogP contribution is 2.60. The Hall–Kier alpha value is -1.39. The Morgan fingerprint density at radius 1 is 1.21 bits per heavy atom. The van der Waals surface area contributed by atoms with Crippen LogP contribution >= 0.6 is 0 Å². The lowest BCUT2D eigenvalue weighted by Crippen LogP contribution is -2.47. The lowest BCUT2D eigenvalue weighted by molar-refractivity contribution is -0.0556. The predicted molar refractivity (Wildman–Crippen MR) is 65.6 cm³/mol. The zero-order valence-electron chi connectivity index (χ0n) is 10.8. The zero-order valence-corrected chi connectivity index (χ0v) is 10.8. The third-order valence-electron chi connectivity index (χ3n) is 5.35. The number of hydrogen-bond donors (Lipinski definition) is 1. The van der Waals surface area contributed by atoms with E-state index in [1.54, 1.807) is 0 Å². The molecule has 5 rings (SSSR count). The fraction of sp³-hybridized carbons (Fsp3) is 0.786. The molecule has 102 valence electrons. The van der Waals surface area contributed by atoms with Crippen LogP contribution in [-0.2, 0) is 6.42 Å². The van der Waals surface area contributed by atoms with Crippen LogP contribution in [0.2, 0.25) is 0 Å². The standard InChI is InChI=1S/C14H18N2O3/c17-13(18)12-15-11(19-16-12)7-14-4-8-1-9(5-14)3-10(2-8)6-14/h8-10H,1-7H2,(H,17,18). The average Bonchev–Trinajstić information content (AvgIpc) is 2.74. The van der Waals surface area contributed by atoms with Gasteiger partial charge in [0, 0.05) is 6.42 Å². The summed E-state index contributed by atoms with van der Waals surface area (Å²) < 4.78 is 5.12. The Morgan fingerprint density at radius 3 is 2.26 bits per heavy atom. The molecule has 4 aliphatic rings. The second-order valence-electron chi connectivity index (χ2n) is 6.91. The third kappa shape index (κ3) is 1.86. The summed E-state index contributed by atoms with van der Waals surface area (Å²) >= 11 is 0. The van der Waals surface area contributed by atoms with E-state index in [2.05, 4.69) is 10.1 Å². The van der Waals surface area contributed by atoms with Gasteiger partial charge in [-0.1, -0.05) is 0 Å². The molecule has 0 radical (unpaired) electrons. The van der Waals surface area contributed by atoms with E-state index in [1.807, 2.05) is 0 Å². The molecular weight excluding hydrogens is 244 g/mol. The molecule has 5 nitrogen and oxygen atoms in total. The molecule has 4 saturated carbocycles. The van der Waals surface area contributed by atoms with E-state index in [4.69, 9.17) is 9.63 Å². The van der Waals surface area contributed by atoms with Crippen LogP contribution in [0.5, 0.6) is 0 Å². The summed E-state index contributed by atoms with van der Waals surface area (Å²) in [7, 11) is 0. The smallest absolute Gasteiger partial charge is 0.377 e. The summed E-state index contributed by atoms with van der Waals surface area (Å²) in [6.45, 7) is 0. The van der Waals surface area contributed by atoms with Crippen molar-refractivity contribution in [3.8, 4) is 0 Å². The number of aromatic carboxylic acids is 1. The van der Waals surface area contributed by atoms with Gasteiger partial charge in [-0.2, -0.15) is 4.98 Å². The van der Waals surface area contributed by atoms with Crippen LogP contribution in [-0.4, -0.2) is 21.2 Å². The number of nitrogens with zero attached hydrogens (tertiary/aromatic N) is 2. The quantitative estimate of drug-likeness (QED) is 0.905. The molecule has 0 spiro atoms. The van der Waals surface area contributed by atoms with E-state index in [9.17, 15) is 4.79 Å². The maximum atomic E-state index is 10.8. The largest absolute Gasteiger partial charge is 0.475 e. The SMILES string of the molecule is O=C(O)c1noc(CC23CC4CC(CC(C4)C2)C3)n1. The van der Waals surface area contributed by atoms with Crippen molar-refractivity contribution in [3.05, 3.63) is 11.7 Å². The molecule has 4 fully saturated rings. The van der Waals surface area contributed by atoms with Crippen LogP contribution in [0.25, 0.3) is 0 Å². The van der Waals surface area contributed by atoms with Gasteiger partial charge in [0.25, 0.3) is 5.82 Å². The Labute approximate surface area is 111 Å². The molecule has 0 atom stereocenters. The van der Waals surface area contributed by atoms with E-state index in [0.717, 1.165) is 24.2 Å². The van der Waals surface area contributed by atoms with Crippen molar-refractivity contribution in [1.29, 1.82) is 0 Å². The Bertz CT molecular complexity index is 487. The topological polar surface area (TPSA) is 76.2 Å². The van der Waals surface area contributed by atoms with Gasteiger partial charge in [-0.25, -0.2) is 4.79 Å². The highest BCUT2D eigenvalue weighted by atomic mass is 16.5. The fourth-order valence-electron chi connectivity index (χ4n) is 5.24. The van der Waals surface area contributed by atoms with Crippen molar-refractivity contribution in [2.75, 3.05) is 0 Å². The number of carboxylic acids is 1. The first-order valence-electron chi connectivity index (χ1n) is 7.18. The number of rotatable bonds is 3. The first-order chi connectivity index (χ1) is 9.12. The monoisotopic (exact) mass is 262 g/mol. The summed E-state index contributed by atoms with van der Waals surface area (Å²) in [5, 5.41) is 12.4. The summed E-state index contributed by atoms with van der Waals surface area (Å²) in [4.78, 5) is 14.8. The number of hydrogen-bond acceptors (Lipinski definition) is 4. The molecule has 0 saturated heterocycles. The fourth-order valence-corrected chi connectivity index (χ4v) is 5.24. The molecule has 1 aromatic rings. The summed E-state index contributed by atoms with van der Waals surface area (Å²) in [5.41, 5.74) is 0.317. The highest BCUT2D eigenvalue weighted by Gasteiger charge is 2.51. The van der Waals surface area contributed by atoms with E-state index in [0.29, 0.717) is 11.3 Å². The van der Waals surface area contributed by atoms with Gasteiger partial charge in [0.15, 0.2) is 0 Å². The Balaban J connectivity index is 1.57. The van der Waals surface area contributed by atoms with E-state index < -0.39 is 5.97 Å². The minimum atomic E-state index is -1.11. The molecule has 1 heterocycles. The second kappa shape index (κ2) is 3.81. The van der Waals surface area contributed by atoms with Crippen molar-refractivity contribution in [1.82, 2.24) is 10.1 Å². The van der Waals surface area contributed by atoms with Crippen LogP contribution < -0.4 is 0 Å².